The third-order valence-electron chi connectivity index (χ3n) is 10.4. The van der Waals surface area contributed by atoms with Gasteiger partial charge in [-0.15, -0.1) is 0 Å². The number of rotatable bonds is 13. The number of nitrogens with zero attached hydrogens (tertiary/aromatic N) is 8. The molecule has 73 heavy (non-hydrogen) atoms. The lowest BCUT2D eigenvalue weighted by Crippen LogP contribution is -2.30. The van der Waals surface area contributed by atoms with Crippen LogP contribution in [-0.2, 0) is 47.7 Å². The number of hydrazone groups is 2. The van der Waals surface area contributed by atoms with Gasteiger partial charge < -0.3 is 14.7 Å². The van der Waals surface area contributed by atoms with Crippen molar-refractivity contribution in [1.82, 2.24) is 34.9 Å². The van der Waals surface area contributed by atoms with Crippen LogP contribution in [0.25, 0.3) is 18.5 Å². The number of carbonyl (C=O) groups is 2. The first-order valence-corrected chi connectivity index (χ1v) is 28.0. The van der Waals surface area contributed by atoms with E-state index in [-0.39, 0.29) is 29.1 Å². The van der Waals surface area contributed by atoms with E-state index in [0.29, 0.717) is 73.1 Å². The summed E-state index contributed by atoms with van der Waals surface area (Å²) < 4.78 is 40.1. The van der Waals surface area contributed by atoms with Gasteiger partial charge in [-0.05, 0) is 86.0 Å². The largest absolute Gasteiger partial charge is 0.383 e. The molecular weight excluding hydrogens is 1120 g/mol. The average molecular weight is 1170 g/mol. The molecule has 14 nitrogen and oxygen atoms in total. The van der Waals surface area contributed by atoms with Crippen molar-refractivity contribution in [2.75, 3.05) is 60.8 Å². The zero-order valence-electron chi connectivity index (χ0n) is 41.5. The molecule has 5 aromatic rings. The van der Waals surface area contributed by atoms with E-state index in [1.165, 1.54) is 5.01 Å². The summed E-state index contributed by atoms with van der Waals surface area (Å²) in [7, 11) is 8.42. The summed E-state index contributed by atoms with van der Waals surface area (Å²) in [5.74, 6) is -0.0957. The van der Waals surface area contributed by atoms with Gasteiger partial charge >= 0.3 is 0 Å². The number of para-hydroxylation sites is 1. The number of aromatic nitrogens is 2. The van der Waals surface area contributed by atoms with Crippen molar-refractivity contribution in [3.8, 4) is 5.69 Å². The molecule has 3 heterocycles. The lowest BCUT2D eigenvalue weighted by Gasteiger charge is -2.09. The van der Waals surface area contributed by atoms with Gasteiger partial charge in [-0.1, -0.05) is 94.4 Å². The van der Waals surface area contributed by atoms with Crippen LogP contribution in [0.2, 0.25) is 30.1 Å². The van der Waals surface area contributed by atoms with E-state index in [9.17, 15) is 22.2 Å². The molecule has 2 amide bonds. The molecule has 0 bridgehead atoms. The highest BCUT2D eigenvalue weighted by molar-refractivity contribution is 7.86. The second-order valence-electron chi connectivity index (χ2n) is 17.1. The second kappa shape index (κ2) is 26.1. The Labute approximate surface area is 462 Å². The van der Waals surface area contributed by atoms with Crippen molar-refractivity contribution >= 4 is 138 Å². The molecule has 7 rings (SSSR count). The van der Waals surface area contributed by atoms with Crippen molar-refractivity contribution in [2.45, 2.75) is 41.2 Å². The third-order valence-corrected chi connectivity index (χ3v) is 17.0. The van der Waals surface area contributed by atoms with Crippen molar-refractivity contribution < 1.29 is 22.2 Å². The molecule has 2 aliphatic rings. The van der Waals surface area contributed by atoms with Crippen LogP contribution in [0.1, 0.15) is 22.4 Å². The zero-order valence-corrected chi connectivity index (χ0v) is 48.5. The number of likely N-dealkylation sites (N-methyl/N-ethyl adjacent to an activating group) is 1. The molecule has 0 saturated heterocycles. The van der Waals surface area contributed by atoms with E-state index in [4.69, 9.17) is 74.7 Å². The van der Waals surface area contributed by atoms with Crippen LogP contribution < -0.4 is 16.0 Å². The van der Waals surface area contributed by atoms with E-state index in [1.807, 2.05) is 90.4 Å². The Balaban J connectivity index is 0.000000205. The molecule has 3 unspecified atom stereocenters. The topological polar surface area (TPSA) is 153 Å². The monoisotopic (exact) mass is 1170 g/mol. The van der Waals surface area contributed by atoms with Gasteiger partial charge in [0.05, 0.1) is 119 Å². The first-order valence-electron chi connectivity index (χ1n) is 21.8. The predicted molar refractivity (Wildman–Crippen MR) is 302 cm³/mol. The number of carbonyl (C=O) groups excluding carboxylic acids is 2. The number of halogens is 6. The highest BCUT2D eigenvalue weighted by Crippen LogP contribution is 2.31. The van der Waals surface area contributed by atoms with Crippen LogP contribution >= 0.6 is 69.6 Å². The van der Waals surface area contributed by atoms with Crippen LogP contribution in [0.4, 0.5) is 0 Å². The molecule has 23 heteroatoms. The minimum atomic E-state index is -1.43. The van der Waals surface area contributed by atoms with Gasteiger partial charge in [0.15, 0.2) is 0 Å². The Kier molecular flexibility index (Phi) is 21.1. The minimum absolute atomic E-state index is 0.0964. The number of amides is 2. The summed E-state index contributed by atoms with van der Waals surface area (Å²) in [6.45, 7) is 9.69. The van der Waals surface area contributed by atoms with Crippen LogP contribution in [0, 0.1) is 20.8 Å². The summed E-state index contributed by atoms with van der Waals surface area (Å²) in [6.07, 6.45) is 5.26. The summed E-state index contributed by atoms with van der Waals surface area (Å²) in [4.78, 5) is 30.8. The van der Waals surface area contributed by atoms with Gasteiger partial charge in [0.25, 0.3) is 11.8 Å². The number of hydrogen-bond acceptors (Lipinski definition) is 11. The minimum Gasteiger partial charge on any atom is -0.383 e. The fourth-order valence-electron chi connectivity index (χ4n) is 6.78. The van der Waals surface area contributed by atoms with Crippen molar-refractivity contribution in [3.63, 3.8) is 0 Å². The maximum atomic E-state index is 13.1. The van der Waals surface area contributed by atoms with Gasteiger partial charge in [-0.3, -0.25) is 22.2 Å². The Hall–Kier alpha value is -4.82. The van der Waals surface area contributed by atoms with Gasteiger partial charge in [0.1, 0.15) is 0 Å². The fraction of sp³-hybridized carbons (Fsp3) is 0.260. The van der Waals surface area contributed by atoms with E-state index in [1.54, 1.807) is 84.4 Å². The molecular formula is C50H53Cl6N9O5S3. The Morgan fingerprint density at radius 1 is 0.603 bits per heavy atom. The van der Waals surface area contributed by atoms with Gasteiger partial charge in [-0.25, -0.2) is 15.1 Å². The summed E-state index contributed by atoms with van der Waals surface area (Å²) in [5, 5.41) is 18.3. The van der Waals surface area contributed by atoms with E-state index in [0.717, 1.165) is 32.9 Å². The predicted octanol–water partition coefficient (Wildman–Crippen LogP) is 8.53. The third kappa shape index (κ3) is 15.4. The maximum Gasteiger partial charge on any atom is 0.277 e. The van der Waals surface area contributed by atoms with Crippen molar-refractivity contribution in [3.05, 3.63) is 153 Å². The lowest BCUT2D eigenvalue weighted by molar-refractivity contribution is -0.124. The van der Waals surface area contributed by atoms with Crippen molar-refractivity contribution in [1.29, 1.82) is 0 Å². The Bertz CT molecular complexity index is 3270. The molecule has 2 aliphatic heterocycles. The van der Waals surface area contributed by atoms with Crippen molar-refractivity contribution in [2.24, 2.45) is 10.2 Å². The standard InChI is InChI=1S/C21H21Cl2N3OS.C15H17Cl2N3O2S.C14H15Cl2N3O2S/c1-14-10-21(19(23)11-18(14)22)28(27)13-20-17(12-25(3)4)15(2)26(24-20)16-8-6-5-7-9-16;1-9-5-14(12(17)6-11(9)16)23(22)8-13-10(7-19(2)3)15(21)20(4)18-13;1-8-4-13(11(16)5-10(8)15)22(21)7-12-9(6-19(2)3)14(20)18-17-12/h5-12H,2,13H2,1,3-4H3;5-7H,8H2,1-4H3;4-6H,7H2,1-3H3,(H,18,20). The van der Waals surface area contributed by atoms with Crippen LogP contribution in [-0.4, -0.2) is 126 Å². The molecule has 0 fully saturated rings. The fourth-order valence-corrected chi connectivity index (χ4v) is 12.3. The average Bonchev–Trinajstić information content (AvgIpc) is 3.90. The molecule has 1 aromatic heterocycles. The highest BCUT2D eigenvalue weighted by Gasteiger charge is 2.30. The number of aryl methyl sites for hydroxylation is 3. The van der Waals surface area contributed by atoms with Gasteiger partial charge in [-0.2, -0.15) is 15.3 Å². The summed E-state index contributed by atoms with van der Waals surface area (Å²) in [5.41, 5.74) is 8.17. The second-order valence-corrected chi connectivity index (χ2v) is 23.8. The Morgan fingerprint density at radius 2 is 1.03 bits per heavy atom. The molecule has 0 saturated carbocycles. The number of hydrogen-bond donors (Lipinski definition) is 1. The summed E-state index contributed by atoms with van der Waals surface area (Å²) in [6, 6.07) is 19.7. The first-order chi connectivity index (χ1) is 34.3. The summed E-state index contributed by atoms with van der Waals surface area (Å²) >= 11 is 36.6. The number of benzene rings is 4. The van der Waals surface area contributed by atoms with Gasteiger partial charge in [0, 0.05) is 88.2 Å². The molecule has 0 radical (unpaired) electrons. The SMILES string of the molecule is C=c1c(=CN(C)C)c(CS(=O)c2cc(C)c(Cl)cc2Cl)nn1-c1ccccc1.Cc1cc(S(=O)CC2=NN(C)C(=O)C2=CN(C)C)c(Cl)cc1Cl.Cc1cc(S(=O)CC2=NNC(=O)C2=CN(C)C)c(Cl)cc1Cl. The number of nitrogens with one attached hydrogen (secondary N) is 1. The van der Waals surface area contributed by atoms with Gasteiger partial charge in [0.2, 0.25) is 0 Å². The molecule has 388 valence electrons. The molecule has 0 spiro atoms. The normalized spacial score (nSPS) is 15.8. The molecule has 1 N–H and O–H groups in total. The molecule has 3 atom stereocenters. The van der Waals surface area contributed by atoms with E-state index in [2.05, 4.69) is 22.2 Å². The molecule has 0 aliphatic carbocycles. The Morgan fingerprint density at radius 3 is 1.48 bits per heavy atom. The lowest BCUT2D eigenvalue weighted by atomic mass is 10.2. The smallest absolute Gasteiger partial charge is 0.277 e. The van der Waals surface area contributed by atoms with E-state index >= 15 is 0 Å². The van der Waals surface area contributed by atoms with Crippen LogP contribution in [0.3, 0.4) is 0 Å². The molecule has 4 aromatic carbocycles. The zero-order chi connectivity index (χ0) is 54.2. The van der Waals surface area contributed by atoms with Crippen LogP contribution in [0.15, 0.2) is 115 Å². The van der Waals surface area contributed by atoms with Crippen LogP contribution in [0.5, 0.6) is 0 Å². The maximum absolute atomic E-state index is 13.1. The highest BCUT2D eigenvalue weighted by atomic mass is 35.5. The van der Waals surface area contributed by atoms with E-state index < -0.39 is 32.4 Å². The quantitative estimate of drug-likeness (QED) is 0.114. The first kappa shape index (κ1) is 59.1.